The molecule has 1 aromatic heterocycles. The van der Waals surface area contributed by atoms with E-state index in [4.69, 9.17) is 42.9 Å². The van der Waals surface area contributed by atoms with Gasteiger partial charge in [-0.3, -0.25) is 9.59 Å². The predicted octanol–water partition coefficient (Wildman–Crippen LogP) is 5.60. The quantitative estimate of drug-likeness (QED) is 0.312. The average Bonchev–Trinajstić information content (AvgIpc) is 3.87. The average molecular weight is 786 g/mol. The van der Waals surface area contributed by atoms with E-state index >= 15 is 0 Å². The van der Waals surface area contributed by atoms with Gasteiger partial charge in [0.2, 0.25) is 0 Å². The van der Waals surface area contributed by atoms with Crippen LogP contribution < -0.4 is 0 Å². The zero-order valence-electron chi connectivity index (χ0n) is 35.2. The van der Waals surface area contributed by atoms with Crippen LogP contribution in [0.25, 0.3) is 0 Å². The highest BCUT2D eigenvalue weighted by Crippen LogP contribution is 2.61. The van der Waals surface area contributed by atoms with Gasteiger partial charge in [0.25, 0.3) is 0 Å². The topological polar surface area (TPSA) is 140 Å². The van der Waals surface area contributed by atoms with Gasteiger partial charge in [0.1, 0.15) is 30.2 Å². The number of ketones is 1. The molecule has 0 spiro atoms. The third kappa shape index (κ3) is 8.05. The predicted molar refractivity (Wildman–Crippen MR) is 207 cm³/mol. The van der Waals surface area contributed by atoms with Crippen LogP contribution in [0.1, 0.15) is 115 Å². The zero-order chi connectivity index (χ0) is 40.0. The fraction of sp³-hybridized carbons (Fsp3) is 0.837. The Balaban J connectivity index is 1.18. The summed E-state index contributed by atoms with van der Waals surface area (Å²) in [5, 5.41) is 0. The number of nitrogens with one attached hydrogen (secondary N) is 1. The Bertz CT molecular complexity index is 1570. The maximum atomic E-state index is 15.0. The van der Waals surface area contributed by atoms with Gasteiger partial charge >= 0.3 is 5.97 Å². The number of methoxy groups -OCH3 is 3. The van der Waals surface area contributed by atoms with Crippen LogP contribution in [0.3, 0.4) is 0 Å². The van der Waals surface area contributed by atoms with Crippen molar-refractivity contribution < 1.29 is 47.5 Å². The first-order valence-corrected chi connectivity index (χ1v) is 21.3. The number of hydrogen-bond donors (Lipinski definition) is 1. The lowest BCUT2D eigenvalue weighted by Gasteiger charge is -2.44. The van der Waals surface area contributed by atoms with Crippen molar-refractivity contribution >= 4 is 11.8 Å². The molecule has 7 rings (SSSR count). The molecule has 3 saturated heterocycles. The van der Waals surface area contributed by atoms with Crippen LogP contribution >= 0.6 is 0 Å². The summed E-state index contributed by atoms with van der Waals surface area (Å²) < 4.78 is 50.1. The maximum absolute atomic E-state index is 15.0. The monoisotopic (exact) mass is 785 g/mol. The van der Waals surface area contributed by atoms with Crippen molar-refractivity contribution in [3.8, 4) is 0 Å². The largest absolute Gasteiger partial charge is 0.462 e. The summed E-state index contributed by atoms with van der Waals surface area (Å²) in [6.45, 7) is 10.1. The van der Waals surface area contributed by atoms with Gasteiger partial charge in [-0.05, 0) is 104 Å². The molecule has 6 aliphatic rings. The second kappa shape index (κ2) is 17.6. The first kappa shape index (κ1) is 41.9. The first-order chi connectivity index (χ1) is 26.9. The first-order valence-electron chi connectivity index (χ1n) is 21.3. The van der Waals surface area contributed by atoms with Crippen molar-refractivity contribution in [1.82, 2.24) is 14.9 Å². The van der Waals surface area contributed by atoms with Crippen LogP contribution in [0.15, 0.2) is 11.6 Å². The van der Waals surface area contributed by atoms with E-state index in [1.165, 1.54) is 0 Å². The molecule has 1 N–H and O–H groups in total. The summed E-state index contributed by atoms with van der Waals surface area (Å²) >= 11 is 0. The number of aryl methyl sites for hydroxylation is 1. The maximum Gasteiger partial charge on any atom is 0.306 e. The molecular formula is C43H67N3O10. The Kier molecular flexibility index (Phi) is 13.1. The number of H-pyrrole nitrogens is 1. The van der Waals surface area contributed by atoms with Crippen LogP contribution in [0.2, 0.25) is 0 Å². The summed E-state index contributed by atoms with van der Waals surface area (Å²) in [6, 6.07) is 0.323. The molecule has 3 aliphatic carbocycles. The lowest BCUT2D eigenvalue weighted by molar-refractivity contribution is -0.314. The number of ether oxygens (including phenoxy) is 8. The van der Waals surface area contributed by atoms with Crippen LogP contribution in [-0.4, -0.2) is 129 Å². The summed E-state index contributed by atoms with van der Waals surface area (Å²) in [7, 11) is 9.14. The number of nitrogens with zero attached hydrogens (tertiary/aromatic N) is 2. The van der Waals surface area contributed by atoms with Crippen molar-refractivity contribution in [2.75, 3.05) is 35.4 Å². The van der Waals surface area contributed by atoms with E-state index in [2.05, 4.69) is 43.9 Å². The molecule has 17 atom stereocenters. The van der Waals surface area contributed by atoms with E-state index in [0.717, 1.165) is 67.7 Å². The Morgan fingerprint density at radius 1 is 0.893 bits per heavy atom. The minimum atomic E-state index is -0.643. The van der Waals surface area contributed by atoms with Crippen LogP contribution in [0, 0.1) is 30.6 Å². The number of cyclic esters (lactones) is 1. The molecule has 1 saturated carbocycles. The number of carbonyl (C=O) groups is 2. The Hall–Kier alpha value is -2.23. The number of carbonyl (C=O) groups excluding carboxylic acids is 2. The molecule has 4 fully saturated rings. The number of esters is 1. The third-order valence-corrected chi connectivity index (χ3v) is 14.1. The highest BCUT2D eigenvalue weighted by molar-refractivity contribution is 5.99. The SMILES string of the molecule is CC[C@H]1CCC[C@H](O[C@H]2CC[C@H](N(C)C)C(C)O2)[C@@H](C)C(=O)C2=C[C@H]3[C@@H]4C[C@H](O[C@@H]5OC(C)[C@H](OC)C(OC)[C@@H]5OC)C[C@H]4c4nc(C)[nH]c4[C@H]3[C@@H]2CC(=O)O1. The standard InChI is InChI=1S/C43H67N3O10/c1-11-25-13-12-14-33(56-35-16-15-32(46(6)7)22(3)52-35)21(2)39(48)31-19-28-27-17-26(55-43-42(51-10)41(50-9)40(49-8)23(4)53-43)18-30(27)37-38(45-24(5)44-37)36(28)29(31)20-34(47)54-25/h19,21-23,25-30,32-33,35-36,40-43H,11-18,20H2,1-10H3,(H,44,45)/t21-,22?,23?,25+,26+,27+,28+,29-,30-,32+,33+,35+,36-,40+,41?,42+,43+/m1/s1. The van der Waals surface area contributed by atoms with E-state index < -0.39 is 18.3 Å². The number of aromatic amines is 1. The Morgan fingerprint density at radius 3 is 2.32 bits per heavy atom. The number of allylic oxidation sites excluding steroid dienone is 2. The fourth-order valence-electron chi connectivity index (χ4n) is 11.3. The number of likely N-dealkylation sites (N-methyl/N-ethyl adjacent to an activating group) is 1. The van der Waals surface area contributed by atoms with Gasteiger partial charge in [0.05, 0.1) is 36.5 Å². The van der Waals surface area contributed by atoms with E-state index in [-0.39, 0.29) is 96.8 Å². The van der Waals surface area contributed by atoms with E-state index in [9.17, 15) is 9.59 Å². The minimum Gasteiger partial charge on any atom is -0.462 e. The van der Waals surface area contributed by atoms with Crippen LogP contribution in [-0.2, 0) is 47.5 Å². The number of hydrogen-bond acceptors (Lipinski definition) is 12. The van der Waals surface area contributed by atoms with Gasteiger partial charge in [0.15, 0.2) is 18.4 Å². The number of fused-ring (bicyclic) bond motifs is 8. The van der Waals surface area contributed by atoms with Gasteiger partial charge in [-0.2, -0.15) is 0 Å². The molecule has 0 bridgehead atoms. The van der Waals surface area contributed by atoms with Crippen LogP contribution in [0.4, 0.5) is 0 Å². The Labute approximate surface area is 333 Å². The number of imidazole rings is 1. The molecule has 13 nitrogen and oxygen atoms in total. The molecule has 3 aliphatic heterocycles. The van der Waals surface area contributed by atoms with Gasteiger partial charge in [-0.1, -0.05) is 19.9 Å². The van der Waals surface area contributed by atoms with Gasteiger partial charge in [-0.15, -0.1) is 0 Å². The van der Waals surface area contributed by atoms with E-state index in [0.29, 0.717) is 12.5 Å². The molecule has 0 radical (unpaired) electrons. The van der Waals surface area contributed by atoms with Gasteiger partial charge < -0.3 is 47.8 Å². The summed E-state index contributed by atoms with van der Waals surface area (Å²) in [4.78, 5) is 39.7. The second-order valence-electron chi connectivity index (χ2n) is 17.6. The van der Waals surface area contributed by atoms with E-state index in [1.807, 2.05) is 20.8 Å². The second-order valence-corrected chi connectivity index (χ2v) is 17.6. The molecule has 3 unspecified atom stereocenters. The van der Waals surface area contributed by atoms with Gasteiger partial charge in [-0.25, -0.2) is 4.98 Å². The fourth-order valence-corrected chi connectivity index (χ4v) is 11.3. The molecule has 1 aromatic rings. The number of Topliss-reactive ketones (excluding diaryl/α,β-unsaturated/α-hetero) is 1. The smallest absolute Gasteiger partial charge is 0.306 e. The normalized spacial score (nSPS) is 43.2. The minimum absolute atomic E-state index is 0.0101. The summed E-state index contributed by atoms with van der Waals surface area (Å²) in [6.07, 6.45) is 5.50. The molecule has 56 heavy (non-hydrogen) atoms. The highest BCUT2D eigenvalue weighted by atomic mass is 16.7. The van der Waals surface area contributed by atoms with Crippen molar-refractivity contribution in [1.29, 1.82) is 0 Å². The third-order valence-electron chi connectivity index (χ3n) is 14.1. The molecule has 13 heteroatoms. The summed E-state index contributed by atoms with van der Waals surface area (Å²) in [5.74, 6) is 0.0399. The molecule has 4 heterocycles. The number of rotatable bonds is 9. The van der Waals surface area contributed by atoms with Crippen molar-refractivity contribution in [3.05, 3.63) is 28.9 Å². The van der Waals surface area contributed by atoms with Crippen LogP contribution in [0.5, 0.6) is 0 Å². The van der Waals surface area contributed by atoms with Gasteiger partial charge in [0, 0.05) is 56.7 Å². The molecule has 0 amide bonds. The molecule has 314 valence electrons. The lowest BCUT2D eigenvalue weighted by Crippen LogP contribution is -2.59. The van der Waals surface area contributed by atoms with Crippen molar-refractivity contribution in [2.24, 2.45) is 23.7 Å². The summed E-state index contributed by atoms with van der Waals surface area (Å²) in [5.41, 5.74) is 2.78. The molecule has 0 aromatic carbocycles. The zero-order valence-corrected chi connectivity index (χ0v) is 35.2. The number of aromatic nitrogens is 2. The highest BCUT2D eigenvalue weighted by Gasteiger charge is 2.57. The molecular weight excluding hydrogens is 718 g/mol. The van der Waals surface area contributed by atoms with Crippen molar-refractivity contribution in [2.45, 2.75) is 172 Å². The van der Waals surface area contributed by atoms with Crippen molar-refractivity contribution in [3.63, 3.8) is 0 Å². The van der Waals surface area contributed by atoms with E-state index in [1.54, 1.807) is 21.3 Å². The lowest BCUT2D eigenvalue weighted by atomic mass is 9.67. The Morgan fingerprint density at radius 2 is 1.64 bits per heavy atom.